The molecule has 24 heavy (non-hydrogen) atoms. The number of aromatic nitrogens is 1. The number of nitrogens with zero attached hydrogens (tertiary/aromatic N) is 4. The van der Waals surface area contributed by atoms with Crippen LogP contribution in [-0.4, -0.2) is 34.5 Å². The van der Waals surface area contributed by atoms with E-state index in [0.29, 0.717) is 25.2 Å². The molecule has 126 valence electrons. The van der Waals surface area contributed by atoms with Gasteiger partial charge in [-0.1, -0.05) is 6.07 Å². The zero-order chi connectivity index (χ0) is 17.0. The quantitative estimate of drug-likeness (QED) is 0.753. The number of terminal acetylenes is 1. The van der Waals surface area contributed by atoms with Crippen molar-refractivity contribution in [3.63, 3.8) is 0 Å². The van der Waals surface area contributed by atoms with E-state index in [9.17, 15) is 4.79 Å². The van der Waals surface area contributed by atoms with Gasteiger partial charge in [0.05, 0.1) is 0 Å². The summed E-state index contributed by atoms with van der Waals surface area (Å²) in [5.74, 6) is 3.35. The van der Waals surface area contributed by atoms with Crippen LogP contribution in [0.25, 0.3) is 0 Å². The third-order valence-electron chi connectivity index (χ3n) is 5.05. The lowest BCUT2D eigenvalue weighted by molar-refractivity contribution is -0.132. The normalized spacial score (nSPS) is 19.1. The molecule has 0 N–H and O–H groups in total. The van der Waals surface area contributed by atoms with Crippen LogP contribution in [0.5, 0.6) is 0 Å². The fourth-order valence-electron chi connectivity index (χ4n) is 3.32. The highest BCUT2D eigenvalue weighted by molar-refractivity contribution is 5.76. The lowest BCUT2D eigenvalue weighted by atomic mass is 9.90. The first kappa shape index (κ1) is 16.6. The van der Waals surface area contributed by atoms with E-state index in [2.05, 4.69) is 33.3 Å². The first-order valence-electron chi connectivity index (χ1n) is 8.70. The molecule has 3 rings (SSSR count). The van der Waals surface area contributed by atoms with E-state index in [1.807, 2.05) is 18.0 Å². The van der Waals surface area contributed by atoms with Crippen molar-refractivity contribution in [2.75, 3.05) is 13.1 Å². The minimum absolute atomic E-state index is 0.216. The lowest BCUT2D eigenvalue weighted by Gasteiger charge is -2.32. The monoisotopic (exact) mass is 324 g/mol. The Morgan fingerprint density at radius 1 is 1.33 bits per heavy atom. The molecule has 0 saturated carbocycles. The van der Waals surface area contributed by atoms with Gasteiger partial charge in [-0.3, -0.25) is 9.78 Å². The predicted octanol–water partition coefficient (Wildman–Crippen LogP) is 3.45. The van der Waals surface area contributed by atoms with Crippen molar-refractivity contribution in [3.8, 4) is 12.3 Å². The number of hydrogen-bond acceptors (Lipinski definition) is 4. The maximum absolute atomic E-state index is 12.4. The fraction of sp³-hybridized carbons (Fsp3) is 0.579. The SMILES string of the molecule is C#CCCC1(CCC(=O)N2CCC(c3ccc(C)nc3)CC2)N=N1. The Morgan fingerprint density at radius 2 is 2.08 bits per heavy atom. The number of carbonyl (C=O) groups is 1. The van der Waals surface area contributed by atoms with E-state index in [-0.39, 0.29) is 11.6 Å². The summed E-state index contributed by atoms with van der Waals surface area (Å²) in [6.45, 7) is 3.64. The van der Waals surface area contributed by atoms with Gasteiger partial charge in [-0.25, -0.2) is 0 Å². The standard InChI is InChI=1S/C19H24N4O/c1-3-4-10-19(21-22-19)11-7-18(24)23-12-8-16(9-13-23)17-6-5-15(2)20-14-17/h1,5-6,14,16H,4,7-13H2,2H3. The molecule has 0 aromatic carbocycles. The lowest BCUT2D eigenvalue weighted by Crippen LogP contribution is -2.38. The van der Waals surface area contributed by atoms with E-state index < -0.39 is 0 Å². The van der Waals surface area contributed by atoms with E-state index in [1.54, 1.807) is 0 Å². The molecule has 2 aliphatic rings. The molecule has 0 bridgehead atoms. The number of aryl methyl sites for hydroxylation is 1. The van der Waals surface area contributed by atoms with Gasteiger partial charge in [0.2, 0.25) is 5.91 Å². The first-order valence-corrected chi connectivity index (χ1v) is 8.70. The molecule has 0 atom stereocenters. The number of carbonyl (C=O) groups excluding carboxylic acids is 1. The molecule has 1 fully saturated rings. The molecule has 1 saturated heterocycles. The van der Waals surface area contributed by atoms with Gasteiger partial charge >= 0.3 is 0 Å². The molecular weight excluding hydrogens is 300 g/mol. The van der Waals surface area contributed by atoms with Crippen LogP contribution in [0, 0.1) is 19.3 Å². The van der Waals surface area contributed by atoms with Crippen molar-refractivity contribution in [2.24, 2.45) is 10.2 Å². The summed E-state index contributed by atoms with van der Waals surface area (Å²) < 4.78 is 0. The van der Waals surface area contributed by atoms with Crippen LogP contribution < -0.4 is 0 Å². The Bertz CT molecular complexity index is 645. The molecule has 2 aliphatic heterocycles. The largest absolute Gasteiger partial charge is 0.343 e. The van der Waals surface area contributed by atoms with Gasteiger partial charge in [-0.15, -0.1) is 12.3 Å². The van der Waals surface area contributed by atoms with Crippen LogP contribution in [0.4, 0.5) is 0 Å². The van der Waals surface area contributed by atoms with Gasteiger partial charge in [-0.2, -0.15) is 10.2 Å². The number of rotatable bonds is 6. The Morgan fingerprint density at radius 3 is 2.67 bits per heavy atom. The molecule has 1 amide bonds. The maximum Gasteiger partial charge on any atom is 0.222 e. The summed E-state index contributed by atoms with van der Waals surface area (Å²) in [5.41, 5.74) is 1.98. The Balaban J connectivity index is 1.44. The molecule has 0 aliphatic carbocycles. The second-order valence-corrected chi connectivity index (χ2v) is 6.77. The smallest absolute Gasteiger partial charge is 0.222 e. The number of pyridine rings is 1. The number of amides is 1. The van der Waals surface area contributed by atoms with Crippen molar-refractivity contribution in [1.29, 1.82) is 0 Å². The second-order valence-electron chi connectivity index (χ2n) is 6.77. The van der Waals surface area contributed by atoms with Crippen molar-refractivity contribution >= 4 is 5.91 Å². The van der Waals surface area contributed by atoms with E-state index >= 15 is 0 Å². The average Bonchev–Trinajstić information content (AvgIpc) is 3.39. The second kappa shape index (κ2) is 7.12. The third kappa shape index (κ3) is 4.00. The van der Waals surface area contributed by atoms with Crippen molar-refractivity contribution in [3.05, 3.63) is 29.6 Å². The van der Waals surface area contributed by atoms with E-state index in [1.165, 1.54) is 5.56 Å². The summed E-state index contributed by atoms with van der Waals surface area (Å²) in [5, 5.41) is 8.20. The summed E-state index contributed by atoms with van der Waals surface area (Å²) >= 11 is 0. The zero-order valence-electron chi connectivity index (χ0n) is 14.2. The van der Waals surface area contributed by atoms with Crippen molar-refractivity contribution in [2.45, 2.75) is 57.0 Å². The van der Waals surface area contributed by atoms with Gasteiger partial charge in [0.15, 0.2) is 5.66 Å². The van der Waals surface area contributed by atoms with Crippen LogP contribution in [-0.2, 0) is 4.79 Å². The minimum atomic E-state index is -0.353. The molecule has 0 unspecified atom stereocenters. The summed E-state index contributed by atoms with van der Waals surface area (Å²) in [6, 6.07) is 4.22. The molecule has 3 heterocycles. The zero-order valence-corrected chi connectivity index (χ0v) is 14.2. The highest BCUT2D eigenvalue weighted by atomic mass is 16.2. The Kier molecular flexibility index (Phi) is 4.94. The predicted molar refractivity (Wildman–Crippen MR) is 92.4 cm³/mol. The Hall–Kier alpha value is -2.22. The van der Waals surface area contributed by atoms with Gasteiger partial charge < -0.3 is 4.90 Å². The highest BCUT2D eigenvalue weighted by Gasteiger charge is 2.39. The number of likely N-dealkylation sites (tertiary alicyclic amines) is 1. The van der Waals surface area contributed by atoms with Crippen LogP contribution >= 0.6 is 0 Å². The van der Waals surface area contributed by atoms with Crippen LogP contribution in [0.15, 0.2) is 28.6 Å². The van der Waals surface area contributed by atoms with Gasteiger partial charge in [0.1, 0.15) is 0 Å². The number of hydrogen-bond donors (Lipinski definition) is 0. The maximum atomic E-state index is 12.4. The molecule has 1 aromatic rings. The molecule has 0 radical (unpaired) electrons. The molecule has 5 nitrogen and oxygen atoms in total. The van der Waals surface area contributed by atoms with E-state index in [4.69, 9.17) is 6.42 Å². The van der Waals surface area contributed by atoms with Crippen molar-refractivity contribution in [1.82, 2.24) is 9.88 Å². The topological polar surface area (TPSA) is 57.9 Å². The van der Waals surface area contributed by atoms with Crippen LogP contribution in [0.2, 0.25) is 0 Å². The Labute approximate surface area is 143 Å². The van der Waals surface area contributed by atoms with E-state index in [0.717, 1.165) is 38.0 Å². The van der Waals surface area contributed by atoms with Gasteiger partial charge in [0, 0.05) is 50.7 Å². The van der Waals surface area contributed by atoms with Crippen LogP contribution in [0.1, 0.15) is 55.7 Å². The average molecular weight is 324 g/mol. The van der Waals surface area contributed by atoms with Gasteiger partial charge in [0.25, 0.3) is 0 Å². The number of piperidine rings is 1. The summed E-state index contributed by atoms with van der Waals surface area (Å²) in [4.78, 5) is 18.8. The van der Waals surface area contributed by atoms with Gasteiger partial charge in [-0.05, 0) is 37.3 Å². The summed E-state index contributed by atoms with van der Waals surface area (Å²) in [7, 11) is 0. The molecule has 0 spiro atoms. The molecular formula is C19H24N4O. The van der Waals surface area contributed by atoms with Crippen molar-refractivity contribution < 1.29 is 4.79 Å². The van der Waals surface area contributed by atoms with Crippen LogP contribution in [0.3, 0.4) is 0 Å². The highest BCUT2D eigenvalue weighted by Crippen LogP contribution is 2.38. The third-order valence-corrected chi connectivity index (χ3v) is 5.05. The molecule has 1 aromatic heterocycles. The first-order chi connectivity index (χ1) is 11.6. The summed E-state index contributed by atoms with van der Waals surface area (Å²) in [6.07, 6.45) is 11.9. The minimum Gasteiger partial charge on any atom is -0.343 e. The fourth-order valence-corrected chi connectivity index (χ4v) is 3.32. The molecule has 5 heteroatoms.